The van der Waals surface area contributed by atoms with E-state index in [1.807, 2.05) is 0 Å². The summed E-state index contributed by atoms with van der Waals surface area (Å²) < 4.78 is 4.28. The number of nitrogens with one attached hydrogen (secondary N) is 1. The van der Waals surface area contributed by atoms with E-state index in [0.29, 0.717) is 8.59 Å². The first-order valence-electron chi connectivity index (χ1n) is 0.658. The standard InChI is InChI=1S/H2NOP.Na.H/c1-2-3-1;;/h1,3H;;/q;+1;-1. The van der Waals surface area contributed by atoms with Crippen molar-refractivity contribution in [3.05, 3.63) is 0 Å². The molecule has 4 heteroatoms. The Morgan fingerprint density at radius 1 is 2.00 bits per heavy atom. The topological polar surface area (TPSA) is 28.9 Å². The molecular weight excluding hydrogens is 84.0 g/mol. The van der Waals surface area contributed by atoms with Crippen LogP contribution in [0, 0.1) is 0 Å². The van der Waals surface area contributed by atoms with Crippen LogP contribution in [0.3, 0.4) is 0 Å². The summed E-state index contributed by atoms with van der Waals surface area (Å²) in [7, 11) is 0.583. The molecule has 0 spiro atoms. The van der Waals surface area contributed by atoms with Gasteiger partial charge in [-0.3, -0.25) is 0 Å². The minimum Gasteiger partial charge on any atom is -1.00 e. The Morgan fingerprint density at radius 3 is 2.25 bits per heavy atom. The minimum absolute atomic E-state index is 0. The molecule has 0 aliphatic carbocycles. The second kappa shape index (κ2) is 2.16. The number of aromatic nitrogens is 1. The van der Waals surface area contributed by atoms with Crippen LogP contribution in [-0.2, 0) is 0 Å². The molecule has 1 unspecified atom stereocenters. The van der Waals surface area contributed by atoms with E-state index in [1.54, 1.807) is 0 Å². The summed E-state index contributed by atoms with van der Waals surface area (Å²) in [5, 5.41) is 0. The average molecular weight is 87.0 g/mol. The molecule has 0 fully saturated rings. The Bertz CT molecular complexity index is 39.7. The predicted molar refractivity (Wildman–Crippen MR) is 13.7 cm³/mol. The zero-order valence-corrected chi connectivity index (χ0v) is 5.41. The molecule has 1 aromatic rings. The van der Waals surface area contributed by atoms with Crippen molar-refractivity contribution in [2.24, 2.45) is 0 Å². The van der Waals surface area contributed by atoms with Crippen molar-refractivity contribution in [1.82, 2.24) is 4.92 Å². The first-order chi connectivity index (χ1) is 1.50. The van der Waals surface area contributed by atoms with Crippen LogP contribution in [0.4, 0.5) is 0 Å². The summed E-state index contributed by atoms with van der Waals surface area (Å²) in [6, 6.07) is 0. The molecule has 0 saturated carbocycles. The summed E-state index contributed by atoms with van der Waals surface area (Å²) >= 11 is 0. The van der Waals surface area contributed by atoms with E-state index >= 15 is 0 Å². The van der Waals surface area contributed by atoms with Gasteiger partial charge in [-0.25, -0.2) is 0 Å². The molecule has 4 heavy (non-hydrogen) atoms. The molecule has 0 saturated heterocycles. The van der Waals surface area contributed by atoms with Gasteiger partial charge in [0.25, 0.3) is 0 Å². The van der Waals surface area contributed by atoms with Gasteiger partial charge in [0.05, 0.1) is 0 Å². The molecule has 0 aliphatic heterocycles. The third kappa shape index (κ3) is 2.90. The van der Waals surface area contributed by atoms with E-state index < -0.39 is 0 Å². The molecule has 0 aliphatic rings. The molecule has 2 nitrogen and oxygen atoms in total. The van der Waals surface area contributed by atoms with Gasteiger partial charge in [0, 0.05) is 0 Å². The summed E-state index contributed by atoms with van der Waals surface area (Å²) in [5.41, 5.74) is 0. The van der Waals surface area contributed by atoms with Gasteiger partial charge in [-0.1, -0.05) is 0 Å². The number of rotatable bonds is 0. The quantitative estimate of drug-likeness (QED) is 0.356. The fourth-order valence-electron chi connectivity index (χ4n) is 0. The fourth-order valence-corrected chi connectivity index (χ4v) is 0. The van der Waals surface area contributed by atoms with E-state index in [-0.39, 0.29) is 31.0 Å². The van der Waals surface area contributed by atoms with Crippen molar-refractivity contribution >= 4 is 8.59 Å². The summed E-state index contributed by atoms with van der Waals surface area (Å²) in [4.78, 5) is 2.53. The SMILES string of the molecule is [H-].[Na+].[nH]1o[pH]1. The second-order valence-electron chi connectivity index (χ2n) is 0.306. The Morgan fingerprint density at radius 2 is 2.25 bits per heavy atom. The summed E-state index contributed by atoms with van der Waals surface area (Å²) in [6.07, 6.45) is 0. The number of aromatic amines is 1. The zero-order valence-electron chi connectivity index (χ0n) is 3.41. The van der Waals surface area contributed by atoms with Crippen LogP contribution < -0.4 is 29.6 Å². The monoisotopic (exact) mass is 87.0 g/mol. The second-order valence-corrected chi connectivity index (χ2v) is 0.919. The molecule has 1 atom stereocenters. The smallest absolute Gasteiger partial charge is 1.00 e. The molecule has 1 rings (SSSR count). The molecule has 0 bridgehead atoms. The summed E-state index contributed by atoms with van der Waals surface area (Å²) in [6.45, 7) is 0. The molecule has 1 aromatic heterocycles. The largest absolute Gasteiger partial charge is 1.00 e. The number of hydrogen-bond acceptors (Lipinski definition) is 1. The zero-order chi connectivity index (χ0) is 2.12. The maximum Gasteiger partial charge on any atom is 1.00 e. The number of hydrogen-bond donors (Lipinski definition) is 1. The van der Waals surface area contributed by atoms with Gasteiger partial charge in [0.2, 0.25) is 0 Å². The van der Waals surface area contributed by atoms with Crippen LogP contribution >= 0.6 is 8.59 Å². The third-order valence-electron chi connectivity index (χ3n) is 0.102. The Balaban J connectivity index is 0. The molecule has 0 amide bonds. The van der Waals surface area contributed by atoms with E-state index in [1.165, 1.54) is 0 Å². The Kier molecular flexibility index (Phi) is 2.64. The predicted octanol–water partition coefficient (Wildman–Crippen LogP) is -2.24. The van der Waals surface area contributed by atoms with Crippen LogP contribution in [0.15, 0.2) is 4.30 Å². The van der Waals surface area contributed by atoms with Crippen molar-refractivity contribution < 1.29 is 35.3 Å². The molecule has 1 heterocycles. The fraction of sp³-hybridized carbons (Fsp3) is 0. The van der Waals surface area contributed by atoms with Gasteiger partial charge in [0.1, 0.15) is 0 Å². The Labute approximate surface area is 48.9 Å². The van der Waals surface area contributed by atoms with Crippen molar-refractivity contribution in [3.8, 4) is 0 Å². The molecule has 0 aromatic carbocycles. The van der Waals surface area contributed by atoms with Crippen LogP contribution in [0.25, 0.3) is 0 Å². The van der Waals surface area contributed by atoms with Crippen molar-refractivity contribution in [2.45, 2.75) is 0 Å². The van der Waals surface area contributed by atoms with Gasteiger partial charge < -0.3 is 5.73 Å². The Hall–Kier alpha value is 0.900. The minimum atomic E-state index is 0. The van der Waals surface area contributed by atoms with Crippen LogP contribution in [0.1, 0.15) is 1.43 Å². The average Bonchev–Trinajstić information content (AvgIpc) is 1.46. The molecular formula is H3NNaOP. The van der Waals surface area contributed by atoms with Crippen molar-refractivity contribution in [2.75, 3.05) is 0 Å². The van der Waals surface area contributed by atoms with E-state index in [2.05, 4.69) is 9.22 Å². The van der Waals surface area contributed by atoms with E-state index in [9.17, 15) is 0 Å². The maximum absolute atomic E-state index is 4.28. The van der Waals surface area contributed by atoms with Gasteiger partial charge in [-0.05, 0) is 0 Å². The van der Waals surface area contributed by atoms with Crippen LogP contribution in [-0.4, -0.2) is 4.92 Å². The maximum atomic E-state index is 4.28. The molecule has 20 valence electrons. The normalized spacial score (nSPS) is 8.00. The van der Waals surface area contributed by atoms with Gasteiger partial charge >= 0.3 is 29.6 Å². The van der Waals surface area contributed by atoms with E-state index in [0.717, 1.165) is 0 Å². The van der Waals surface area contributed by atoms with Crippen LogP contribution in [0.5, 0.6) is 0 Å². The first kappa shape index (κ1) is 4.90. The molecule has 0 radical (unpaired) electrons. The van der Waals surface area contributed by atoms with Gasteiger partial charge in [-0.15, -0.1) is 0 Å². The third-order valence-corrected chi connectivity index (χ3v) is 0.306. The van der Waals surface area contributed by atoms with Crippen molar-refractivity contribution in [3.63, 3.8) is 0 Å². The first-order valence-corrected chi connectivity index (χ1v) is 1.57. The van der Waals surface area contributed by atoms with Crippen molar-refractivity contribution in [1.29, 1.82) is 0 Å². The van der Waals surface area contributed by atoms with Gasteiger partial charge in [-0.2, -0.15) is 4.92 Å². The van der Waals surface area contributed by atoms with Crippen LogP contribution in [0.2, 0.25) is 0 Å². The molecule has 1 N–H and O–H groups in total. The number of H-pyrrole nitrogens is 1. The summed E-state index contributed by atoms with van der Waals surface area (Å²) in [5.74, 6) is 0. The van der Waals surface area contributed by atoms with E-state index in [4.69, 9.17) is 0 Å². The van der Waals surface area contributed by atoms with Gasteiger partial charge in [0.15, 0.2) is 8.59 Å².